The molecule has 1 fully saturated rings. The van der Waals surface area contributed by atoms with Crippen molar-refractivity contribution in [1.82, 2.24) is 9.88 Å². The van der Waals surface area contributed by atoms with E-state index in [2.05, 4.69) is 4.98 Å². The number of amides is 1. The Hall–Kier alpha value is -1.99. The van der Waals surface area contributed by atoms with Gasteiger partial charge in [0, 0.05) is 13.1 Å². The first-order valence-corrected chi connectivity index (χ1v) is 8.34. The second kappa shape index (κ2) is 6.64. The minimum Gasteiger partial charge on any atom is -0.452 e. The SMILES string of the molecule is C[C@@H]1CN(C(=O)COC(=O)c2ccc3ncsc3c2)C[C@H](C)O1. The summed E-state index contributed by atoms with van der Waals surface area (Å²) in [5, 5.41) is 0. The van der Waals surface area contributed by atoms with E-state index in [1.165, 1.54) is 11.3 Å². The van der Waals surface area contributed by atoms with E-state index >= 15 is 0 Å². The second-order valence-corrected chi connectivity index (χ2v) is 6.55. The third-order valence-corrected chi connectivity index (χ3v) is 4.46. The number of esters is 1. The Morgan fingerprint density at radius 3 is 2.83 bits per heavy atom. The fraction of sp³-hybridized carbons (Fsp3) is 0.438. The van der Waals surface area contributed by atoms with Crippen LogP contribution in [0, 0.1) is 0 Å². The highest BCUT2D eigenvalue weighted by molar-refractivity contribution is 7.16. The predicted molar refractivity (Wildman–Crippen MR) is 86.5 cm³/mol. The number of hydrogen-bond donors (Lipinski definition) is 0. The molecule has 0 bridgehead atoms. The standard InChI is InChI=1S/C16H18N2O4S/c1-10-6-18(7-11(2)22-10)15(19)8-21-16(20)12-3-4-13-14(5-12)23-9-17-13/h3-5,9-11H,6-8H2,1-2H3/t10-,11+. The quantitative estimate of drug-likeness (QED) is 0.804. The van der Waals surface area contributed by atoms with Crippen molar-refractivity contribution in [2.75, 3.05) is 19.7 Å². The van der Waals surface area contributed by atoms with Crippen molar-refractivity contribution in [3.05, 3.63) is 29.3 Å². The highest BCUT2D eigenvalue weighted by Crippen LogP contribution is 2.19. The lowest BCUT2D eigenvalue weighted by atomic mass is 10.2. The van der Waals surface area contributed by atoms with Crippen molar-refractivity contribution >= 4 is 33.4 Å². The molecule has 0 spiro atoms. The van der Waals surface area contributed by atoms with E-state index in [0.717, 1.165) is 10.2 Å². The van der Waals surface area contributed by atoms with Crippen LogP contribution in [0.1, 0.15) is 24.2 Å². The summed E-state index contributed by atoms with van der Waals surface area (Å²) in [6.07, 6.45) is -0.0146. The topological polar surface area (TPSA) is 68.7 Å². The van der Waals surface area contributed by atoms with Crippen molar-refractivity contribution in [2.45, 2.75) is 26.1 Å². The van der Waals surface area contributed by atoms with Gasteiger partial charge in [0.25, 0.3) is 5.91 Å². The molecule has 0 saturated carbocycles. The van der Waals surface area contributed by atoms with Crippen molar-refractivity contribution in [3.8, 4) is 0 Å². The molecule has 1 saturated heterocycles. The highest BCUT2D eigenvalue weighted by atomic mass is 32.1. The van der Waals surface area contributed by atoms with Crippen LogP contribution < -0.4 is 0 Å². The predicted octanol–water partition coefficient (Wildman–Crippen LogP) is 2.09. The molecule has 1 amide bonds. The van der Waals surface area contributed by atoms with Crippen LogP contribution in [0.15, 0.2) is 23.7 Å². The molecule has 1 aromatic carbocycles. The van der Waals surface area contributed by atoms with Crippen LogP contribution in [0.2, 0.25) is 0 Å². The van der Waals surface area contributed by atoms with Gasteiger partial charge >= 0.3 is 5.97 Å². The largest absolute Gasteiger partial charge is 0.452 e. The van der Waals surface area contributed by atoms with Crippen molar-refractivity contribution in [3.63, 3.8) is 0 Å². The number of thiazole rings is 1. The summed E-state index contributed by atoms with van der Waals surface area (Å²) in [5.41, 5.74) is 3.00. The van der Waals surface area contributed by atoms with Gasteiger partial charge < -0.3 is 14.4 Å². The van der Waals surface area contributed by atoms with Gasteiger partial charge in [-0.3, -0.25) is 4.79 Å². The first kappa shape index (κ1) is 15.9. The Kier molecular flexibility index (Phi) is 4.58. The van der Waals surface area contributed by atoms with Gasteiger partial charge in [-0.1, -0.05) is 0 Å². The lowest BCUT2D eigenvalue weighted by Gasteiger charge is -2.35. The number of ether oxygens (including phenoxy) is 2. The molecule has 6 nitrogen and oxygen atoms in total. The average Bonchev–Trinajstić information content (AvgIpc) is 2.98. The Morgan fingerprint density at radius 1 is 1.35 bits per heavy atom. The molecule has 1 aliphatic heterocycles. The molecular weight excluding hydrogens is 316 g/mol. The zero-order valence-electron chi connectivity index (χ0n) is 13.0. The molecule has 1 aliphatic rings. The Morgan fingerprint density at radius 2 is 2.09 bits per heavy atom. The van der Waals surface area contributed by atoms with Crippen molar-refractivity contribution in [2.24, 2.45) is 0 Å². The monoisotopic (exact) mass is 334 g/mol. The van der Waals surface area contributed by atoms with E-state index in [1.54, 1.807) is 28.6 Å². The number of nitrogens with zero attached hydrogens (tertiary/aromatic N) is 2. The normalized spacial score (nSPS) is 21.4. The number of hydrogen-bond acceptors (Lipinski definition) is 6. The van der Waals surface area contributed by atoms with Crippen LogP contribution in [0.4, 0.5) is 0 Å². The fourth-order valence-electron chi connectivity index (χ4n) is 2.67. The zero-order chi connectivity index (χ0) is 16.4. The van der Waals surface area contributed by atoms with Gasteiger partial charge in [-0.15, -0.1) is 11.3 Å². The number of carbonyl (C=O) groups is 2. The molecular formula is C16H18N2O4S. The average molecular weight is 334 g/mol. The highest BCUT2D eigenvalue weighted by Gasteiger charge is 2.26. The fourth-order valence-corrected chi connectivity index (χ4v) is 3.38. The minimum atomic E-state index is -0.497. The van der Waals surface area contributed by atoms with Crippen LogP contribution >= 0.6 is 11.3 Å². The van der Waals surface area contributed by atoms with Gasteiger partial charge in [0.1, 0.15) is 0 Å². The van der Waals surface area contributed by atoms with Gasteiger partial charge in [0.15, 0.2) is 6.61 Å². The van der Waals surface area contributed by atoms with Crippen LogP contribution in [0.25, 0.3) is 10.2 Å². The Balaban J connectivity index is 1.58. The van der Waals surface area contributed by atoms with Crippen LogP contribution in [0.5, 0.6) is 0 Å². The van der Waals surface area contributed by atoms with Crippen LogP contribution in [0.3, 0.4) is 0 Å². The van der Waals surface area contributed by atoms with Gasteiger partial charge in [-0.2, -0.15) is 0 Å². The molecule has 3 rings (SSSR count). The first-order chi connectivity index (χ1) is 11.0. The molecule has 2 heterocycles. The molecule has 122 valence electrons. The Bertz CT molecular complexity index is 720. The molecule has 0 unspecified atom stereocenters. The summed E-state index contributed by atoms with van der Waals surface area (Å²) < 4.78 is 11.7. The van der Waals surface area contributed by atoms with E-state index in [1.807, 2.05) is 13.8 Å². The maximum atomic E-state index is 12.2. The summed E-state index contributed by atoms with van der Waals surface area (Å²) in [6.45, 7) is 4.64. The summed E-state index contributed by atoms with van der Waals surface area (Å²) in [5.74, 6) is -0.692. The number of benzene rings is 1. The molecule has 0 aliphatic carbocycles. The third kappa shape index (κ3) is 3.68. The minimum absolute atomic E-state index is 0.00728. The molecule has 0 radical (unpaired) electrons. The zero-order valence-corrected chi connectivity index (χ0v) is 13.8. The number of rotatable bonds is 3. The van der Waals surface area contributed by atoms with Crippen molar-refractivity contribution < 1.29 is 19.1 Å². The summed E-state index contributed by atoms with van der Waals surface area (Å²) in [4.78, 5) is 30.1. The van der Waals surface area contributed by atoms with E-state index < -0.39 is 5.97 Å². The second-order valence-electron chi connectivity index (χ2n) is 5.67. The van der Waals surface area contributed by atoms with Crippen molar-refractivity contribution in [1.29, 1.82) is 0 Å². The third-order valence-electron chi connectivity index (χ3n) is 3.67. The summed E-state index contributed by atoms with van der Waals surface area (Å²) >= 11 is 1.46. The molecule has 2 aromatic rings. The van der Waals surface area contributed by atoms with Gasteiger partial charge in [-0.05, 0) is 32.0 Å². The summed E-state index contributed by atoms with van der Waals surface area (Å²) in [6, 6.07) is 5.17. The molecule has 2 atom stereocenters. The molecule has 1 aromatic heterocycles. The van der Waals surface area contributed by atoms with Crippen LogP contribution in [-0.4, -0.2) is 53.7 Å². The van der Waals surface area contributed by atoms with E-state index in [-0.39, 0.29) is 24.7 Å². The number of aromatic nitrogens is 1. The van der Waals surface area contributed by atoms with Gasteiger partial charge in [0.05, 0.1) is 33.5 Å². The summed E-state index contributed by atoms with van der Waals surface area (Å²) in [7, 11) is 0. The van der Waals surface area contributed by atoms with Gasteiger partial charge in [0.2, 0.25) is 0 Å². The lowest BCUT2D eigenvalue weighted by Crippen LogP contribution is -2.49. The smallest absolute Gasteiger partial charge is 0.338 e. The van der Waals surface area contributed by atoms with E-state index in [4.69, 9.17) is 9.47 Å². The first-order valence-electron chi connectivity index (χ1n) is 7.46. The van der Waals surface area contributed by atoms with Gasteiger partial charge in [-0.25, -0.2) is 9.78 Å². The molecule has 0 N–H and O–H groups in total. The van der Waals surface area contributed by atoms with E-state index in [9.17, 15) is 9.59 Å². The Labute approximate surface area is 138 Å². The lowest BCUT2D eigenvalue weighted by molar-refractivity contribution is -0.146. The molecule has 7 heteroatoms. The molecule has 23 heavy (non-hydrogen) atoms. The number of carbonyl (C=O) groups excluding carboxylic acids is 2. The number of morpholine rings is 1. The number of fused-ring (bicyclic) bond motifs is 1. The van der Waals surface area contributed by atoms with Crippen LogP contribution in [-0.2, 0) is 14.3 Å². The maximum absolute atomic E-state index is 12.2. The maximum Gasteiger partial charge on any atom is 0.338 e. The van der Waals surface area contributed by atoms with E-state index in [0.29, 0.717) is 18.7 Å².